The highest BCUT2D eigenvalue weighted by Gasteiger charge is 2.21. The number of nitrogens with zero attached hydrogens (tertiary/aromatic N) is 2. The molecule has 1 fully saturated rings. The maximum Gasteiger partial charge on any atom is 0.170 e. The quantitative estimate of drug-likeness (QED) is 0.336. The van der Waals surface area contributed by atoms with E-state index in [4.69, 9.17) is 10.9 Å². The van der Waals surface area contributed by atoms with E-state index in [2.05, 4.69) is 29.3 Å². The van der Waals surface area contributed by atoms with Crippen molar-refractivity contribution in [1.82, 2.24) is 10.2 Å². The van der Waals surface area contributed by atoms with Crippen LogP contribution in [0, 0.1) is 0 Å². The second-order valence-electron chi connectivity index (χ2n) is 5.61. The number of piperidine rings is 1. The van der Waals surface area contributed by atoms with Crippen LogP contribution in [-0.4, -0.2) is 41.6 Å². The van der Waals surface area contributed by atoms with Crippen LogP contribution in [0.15, 0.2) is 29.4 Å². The Morgan fingerprint density at radius 3 is 2.75 bits per heavy atom. The summed E-state index contributed by atoms with van der Waals surface area (Å²) in [7, 11) is 2.19. The average molecular weight is 276 g/mol. The summed E-state index contributed by atoms with van der Waals surface area (Å²) in [5.41, 5.74) is 7.50. The summed E-state index contributed by atoms with van der Waals surface area (Å²) in [6.07, 6.45) is 2.39. The molecule has 1 aromatic carbocycles. The van der Waals surface area contributed by atoms with E-state index in [9.17, 15) is 0 Å². The molecule has 0 aromatic heterocycles. The summed E-state index contributed by atoms with van der Waals surface area (Å²) < 4.78 is 0. The minimum Gasteiger partial charge on any atom is -0.409 e. The van der Waals surface area contributed by atoms with Crippen molar-refractivity contribution in [3.8, 4) is 0 Å². The second-order valence-corrected chi connectivity index (χ2v) is 5.61. The van der Waals surface area contributed by atoms with Gasteiger partial charge in [-0.1, -0.05) is 29.4 Å². The molecule has 1 saturated heterocycles. The lowest BCUT2D eigenvalue weighted by atomic mass is 9.98. The van der Waals surface area contributed by atoms with E-state index in [1.807, 2.05) is 24.3 Å². The average Bonchev–Trinajstić information content (AvgIpc) is 2.48. The maximum absolute atomic E-state index is 8.62. The summed E-state index contributed by atoms with van der Waals surface area (Å²) in [5, 5.41) is 15.2. The van der Waals surface area contributed by atoms with Gasteiger partial charge in [0.15, 0.2) is 5.84 Å². The number of oxime groups is 1. The molecule has 4 N–H and O–H groups in total. The molecule has 2 atom stereocenters. The zero-order valence-corrected chi connectivity index (χ0v) is 12.2. The number of nitrogens with one attached hydrogen (secondary N) is 1. The monoisotopic (exact) mass is 276 g/mol. The van der Waals surface area contributed by atoms with Gasteiger partial charge in [-0.15, -0.1) is 0 Å². The van der Waals surface area contributed by atoms with Crippen molar-refractivity contribution in [2.24, 2.45) is 10.9 Å². The molecule has 5 nitrogen and oxygen atoms in total. The first-order valence-electron chi connectivity index (χ1n) is 7.10. The van der Waals surface area contributed by atoms with E-state index < -0.39 is 0 Å². The van der Waals surface area contributed by atoms with E-state index >= 15 is 0 Å². The Balaban J connectivity index is 1.85. The van der Waals surface area contributed by atoms with Gasteiger partial charge in [0.25, 0.3) is 0 Å². The van der Waals surface area contributed by atoms with Crippen molar-refractivity contribution in [1.29, 1.82) is 0 Å². The molecule has 0 aliphatic carbocycles. The lowest BCUT2D eigenvalue weighted by molar-refractivity contribution is 0.168. The molecule has 0 spiro atoms. The van der Waals surface area contributed by atoms with Crippen molar-refractivity contribution in [2.45, 2.75) is 38.4 Å². The minimum atomic E-state index is 0.147. The van der Waals surface area contributed by atoms with Crippen LogP contribution in [0.2, 0.25) is 0 Å². The number of nitrogens with two attached hydrogens (primary N) is 1. The highest BCUT2D eigenvalue weighted by Crippen LogP contribution is 2.16. The first-order chi connectivity index (χ1) is 9.60. The lowest BCUT2D eigenvalue weighted by Crippen LogP contribution is -2.45. The van der Waals surface area contributed by atoms with Gasteiger partial charge in [0.05, 0.1) is 0 Å². The van der Waals surface area contributed by atoms with Crippen LogP contribution in [0.1, 0.15) is 30.9 Å². The van der Waals surface area contributed by atoms with E-state index in [1.54, 1.807) is 0 Å². The van der Waals surface area contributed by atoms with E-state index in [0.717, 1.165) is 18.7 Å². The largest absolute Gasteiger partial charge is 0.409 e. The van der Waals surface area contributed by atoms with Crippen LogP contribution < -0.4 is 11.1 Å². The van der Waals surface area contributed by atoms with Gasteiger partial charge in [-0.25, -0.2) is 0 Å². The molecule has 2 rings (SSSR count). The van der Waals surface area contributed by atoms with Crippen LogP contribution in [0.3, 0.4) is 0 Å². The van der Waals surface area contributed by atoms with Gasteiger partial charge in [0.2, 0.25) is 0 Å². The topological polar surface area (TPSA) is 73.9 Å². The summed E-state index contributed by atoms with van der Waals surface area (Å²) in [6, 6.07) is 9.01. The predicted octanol–water partition coefficient (Wildman–Crippen LogP) is 1.35. The minimum absolute atomic E-state index is 0.147. The number of hydrogen-bond donors (Lipinski definition) is 3. The van der Waals surface area contributed by atoms with Gasteiger partial charge in [-0.3, -0.25) is 0 Å². The third-order valence-electron chi connectivity index (χ3n) is 4.16. The Hall–Kier alpha value is -1.59. The second kappa shape index (κ2) is 6.72. The Morgan fingerprint density at radius 2 is 2.15 bits per heavy atom. The fourth-order valence-corrected chi connectivity index (χ4v) is 2.59. The van der Waals surface area contributed by atoms with Crippen molar-refractivity contribution in [3.63, 3.8) is 0 Å². The Kier molecular flexibility index (Phi) is 4.98. The van der Waals surface area contributed by atoms with Crippen molar-refractivity contribution in [3.05, 3.63) is 35.4 Å². The first-order valence-corrected chi connectivity index (χ1v) is 7.10. The molecule has 1 heterocycles. The molecular weight excluding hydrogens is 252 g/mol. The van der Waals surface area contributed by atoms with Gasteiger partial charge in [0.1, 0.15) is 0 Å². The maximum atomic E-state index is 8.62. The van der Waals surface area contributed by atoms with Crippen LogP contribution in [-0.2, 0) is 6.54 Å². The third kappa shape index (κ3) is 3.71. The number of likely N-dealkylation sites (tertiary alicyclic amines) is 1. The standard InChI is InChI=1S/C15H24N4O/c1-11-9-14(7-8-19(11)2)17-10-12-3-5-13(6-4-12)15(16)18-20/h3-6,11,14,17,20H,7-10H2,1-2H3,(H2,16,18). The normalized spacial score (nSPS) is 24.8. The fraction of sp³-hybridized carbons (Fsp3) is 0.533. The summed E-state index contributed by atoms with van der Waals surface area (Å²) in [4.78, 5) is 2.41. The molecular formula is C15H24N4O. The van der Waals surface area contributed by atoms with E-state index in [-0.39, 0.29) is 5.84 Å². The van der Waals surface area contributed by atoms with Gasteiger partial charge in [0, 0.05) is 24.2 Å². The van der Waals surface area contributed by atoms with Crippen LogP contribution >= 0.6 is 0 Å². The summed E-state index contributed by atoms with van der Waals surface area (Å²) in [5.74, 6) is 0.147. The van der Waals surface area contributed by atoms with Crippen molar-refractivity contribution in [2.75, 3.05) is 13.6 Å². The number of benzene rings is 1. The van der Waals surface area contributed by atoms with Crippen LogP contribution in [0.4, 0.5) is 0 Å². The first kappa shape index (κ1) is 14.8. The summed E-state index contributed by atoms with van der Waals surface area (Å²) >= 11 is 0. The molecule has 0 saturated carbocycles. The van der Waals surface area contributed by atoms with Crippen LogP contribution in [0.5, 0.6) is 0 Å². The molecule has 0 amide bonds. The van der Waals surface area contributed by atoms with E-state index in [0.29, 0.717) is 12.1 Å². The summed E-state index contributed by atoms with van der Waals surface area (Å²) in [6.45, 7) is 4.29. The molecule has 2 unspecified atom stereocenters. The molecule has 0 bridgehead atoms. The molecule has 1 aliphatic heterocycles. The molecule has 20 heavy (non-hydrogen) atoms. The highest BCUT2D eigenvalue weighted by molar-refractivity contribution is 5.96. The van der Waals surface area contributed by atoms with Gasteiger partial charge >= 0.3 is 0 Å². The zero-order valence-electron chi connectivity index (χ0n) is 12.2. The van der Waals surface area contributed by atoms with Crippen molar-refractivity contribution < 1.29 is 5.21 Å². The van der Waals surface area contributed by atoms with Gasteiger partial charge < -0.3 is 21.2 Å². The van der Waals surface area contributed by atoms with Crippen molar-refractivity contribution >= 4 is 5.84 Å². The van der Waals surface area contributed by atoms with E-state index in [1.165, 1.54) is 18.4 Å². The lowest BCUT2D eigenvalue weighted by Gasteiger charge is -2.35. The predicted molar refractivity (Wildman–Crippen MR) is 80.9 cm³/mol. The Morgan fingerprint density at radius 1 is 1.45 bits per heavy atom. The number of hydrogen-bond acceptors (Lipinski definition) is 4. The Labute approximate surface area is 120 Å². The molecule has 110 valence electrons. The molecule has 0 radical (unpaired) electrons. The van der Waals surface area contributed by atoms with Gasteiger partial charge in [-0.2, -0.15) is 0 Å². The van der Waals surface area contributed by atoms with Gasteiger partial charge in [-0.05, 0) is 38.9 Å². The number of amidine groups is 1. The third-order valence-corrected chi connectivity index (χ3v) is 4.16. The Bertz CT molecular complexity index is 457. The fourth-order valence-electron chi connectivity index (χ4n) is 2.59. The zero-order chi connectivity index (χ0) is 14.5. The highest BCUT2D eigenvalue weighted by atomic mass is 16.4. The smallest absolute Gasteiger partial charge is 0.170 e. The van der Waals surface area contributed by atoms with Crippen LogP contribution in [0.25, 0.3) is 0 Å². The SMILES string of the molecule is CC1CC(NCc2ccc(/C(N)=N/O)cc2)CCN1C. The molecule has 1 aromatic rings. The number of rotatable bonds is 4. The molecule has 1 aliphatic rings. The molecule has 5 heteroatoms.